The highest BCUT2D eigenvalue weighted by Crippen LogP contribution is 2.27. The van der Waals surface area contributed by atoms with Crippen LogP contribution in [0.3, 0.4) is 0 Å². The summed E-state index contributed by atoms with van der Waals surface area (Å²) in [4.78, 5) is 0. The van der Waals surface area contributed by atoms with Crippen LogP contribution in [0.5, 0.6) is 0 Å². The number of sulfone groups is 1. The lowest BCUT2D eigenvalue weighted by molar-refractivity contribution is 0.510. The molecule has 0 bridgehead atoms. The van der Waals surface area contributed by atoms with E-state index in [0.29, 0.717) is 0 Å². The molecule has 20 heavy (non-hydrogen) atoms. The third-order valence-electron chi connectivity index (χ3n) is 3.90. The topological polar surface area (TPSA) is 46.2 Å². The Kier molecular flexibility index (Phi) is 6.21. The summed E-state index contributed by atoms with van der Waals surface area (Å²) in [5, 5.41) is 2.92. The smallest absolute Gasteiger partial charge is 0.151 e. The first-order valence-corrected chi connectivity index (χ1v) is 9.34. The van der Waals surface area contributed by atoms with Crippen LogP contribution in [0.1, 0.15) is 50.4 Å². The van der Waals surface area contributed by atoms with Gasteiger partial charge in [-0.05, 0) is 43.0 Å². The van der Waals surface area contributed by atoms with Crippen molar-refractivity contribution in [2.45, 2.75) is 51.8 Å². The molecule has 114 valence electrons. The largest absolute Gasteiger partial charge is 0.309 e. The standard InChI is InChI=1S/C16H27NO2S/c1-6-13-9-10-14(7-2)15(11-13)16(17-8-3)12(4)20(5,18)19/h9-12,16-17H,6-8H2,1-5H3. The van der Waals surface area contributed by atoms with Crippen molar-refractivity contribution in [3.8, 4) is 0 Å². The van der Waals surface area contributed by atoms with Gasteiger partial charge in [0.25, 0.3) is 0 Å². The third-order valence-corrected chi connectivity index (χ3v) is 5.53. The normalized spacial score (nSPS) is 15.1. The summed E-state index contributed by atoms with van der Waals surface area (Å²) in [7, 11) is -3.08. The zero-order valence-corrected chi connectivity index (χ0v) is 14.0. The van der Waals surface area contributed by atoms with Gasteiger partial charge in [0, 0.05) is 12.3 Å². The van der Waals surface area contributed by atoms with Gasteiger partial charge in [-0.3, -0.25) is 0 Å². The summed E-state index contributed by atoms with van der Waals surface area (Å²) < 4.78 is 23.9. The Balaban J connectivity index is 3.33. The Morgan fingerprint density at radius 1 is 1.15 bits per heavy atom. The van der Waals surface area contributed by atoms with E-state index in [0.717, 1.165) is 24.9 Å². The first kappa shape index (κ1) is 17.2. The van der Waals surface area contributed by atoms with Crippen LogP contribution in [-0.2, 0) is 22.7 Å². The molecule has 2 atom stereocenters. The van der Waals surface area contributed by atoms with Crippen molar-refractivity contribution >= 4 is 9.84 Å². The molecule has 3 nitrogen and oxygen atoms in total. The maximum atomic E-state index is 11.9. The van der Waals surface area contributed by atoms with E-state index < -0.39 is 15.1 Å². The summed E-state index contributed by atoms with van der Waals surface area (Å²) in [6, 6.07) is 6.29. The lowest BCUT2D eigenvalue weighted by atomic mass is 9.93. The molecule has 0 aliphatic heterocycles. The van der Waals surface area contributed by atoms with Gasteiger partial charge < -0.3 is 5.32 Å². The molecule has 0 aromatic heterocycles. The first-order chi connectivity index (χ1) is 9.35. The van der Waals surface area contributed by atoms with Crippen molar-refractivity contribution in [2.75, 3.05) is 12.8 Å². The molecular formula is C16H27NO2S. The molecule has 0 heterocycles. The fourth-order valence-corrected chi connectivity index (χ4v) is 3.21. The highest BCUT2D eigenvalue weighted by molar-refractivity contribution is 7.91. The predicted molar refractivity (Wildman–Crippen MR) is 85.9 cm³/mol. The van der Waals surface area contributed by atoms with E-state index in [-0.39, 0.29) is 6.04 Å². The molecule has 0 amide bonds. The van der Waals surface area contributed by atoms with Crippen LogP contribution in [-0.4, -0.2) is 26.5 Å². The van der Waals surface area contributed by atoms with Gasteiger partial charge in [0.15, 0.2) is 9.84 Å². The molecule has 0 saturated carbocycles. The quantitative estimate of drug-likeness (QED) is 0.842. The number of nitrogens with one attached hydrogen (secondary N) is 1. The maximum Gasteiger partial charge on any atom is 0.151 e. The summed E-state index contributed by atoms with van der Waals surface area (Å²) >= 11 is 0. The average Bonchev–Trinajstić information content (AvgIpc) is 2.42. The second-order valence-corrected chi connectivity index (χ2v) is 7.71. The minimum atomic E-state index is -3.08. The minimum Gasteiger partial charge on any atom is -0.309 e. The first-order valence-electron chi connectivity index (χ1n) is 7.39. The molecule has 1 aromatic carbocycles. The Hall–Kier alpha value is -0.870. The minimum absolute atomic E-state index is 0.142. The number of hydrogen-bond acceptors (Lipinski definition) is 3. The van der Waals surface area contributed by atoms with Crippen LogP contribution < -0.4 is 5.32 Å². The Morgan fingerprint density at radius 3 is 2.25 bits per heavy atom. The number of aryl methyl sites for hydroxylation is 2. The summed E-state index contributed by atoms with van der Waals surface area (Å²) in [6.07, 6.45) is 3.19. The monoisotopic (exact) mass is 297 g/mol. The lowest BCUT2D eigenvalue weighted by Crippen LogP contribution is -2.35. The molecule has 0 spiro atoms. The van der Waals surface area contributed by atoms with E-state index in [2.05, 4.69) is 37.4 Å². The molecule has 0 radical (unpaired) electrons. The number of rotatable bonds is 7. The SMILES string of the molecule is CCNC(c1cc(CC)ccc1CC)C(C)S(C)(=O)=O. The van der Waals surface area contributed by atoms with Gasteiger partial charge in [-0.25, -0.2) is 8.42 Å². The van der Waals surface area contributed by atoms with Crippen LogP contribution in [0.25, 0.3) is 0 Å². The molecule has 1 rings (SSSR count). The van der Waals surface area contributed by atoms with E-state index in [1.807, 2.05) is 6.92 Å². The fraction of sp³-hybridized carbons (Fsp3) is 0.625. The Bertz CT molecular complexity index is 537. The molecule has 0 aliphatic carbocycles. The lowest BCUT2D eigenvalue weighted by Gasteiger charge is -2.26. The van der Waals surface area contributed by atoms with Crippen molar-refractivity contribution in [1.29, 1.82) is 0 Å². The van der Waals surface area contributed by atoms with Gasteiger partial charge in [0.05, 0.1) is 5.25 Å². The van der Waals surface area contributed by atoms with E-state index in [1.165, 1.54) is 17.4 Å². The summed E-state index contributed by atoms with van der Waals surface area (Å²) in [5.41, 5.74) is 3.61. The average molecular weight is 297 g/mol. The van der Waals surface area contributed by atoms with Crippen LogP contribution in [0.4, 0.5) is 0 Å². The van der Waals surface area contributed by atoms with Crippen molar-refractivity contribution in [3.05, 3.63) is 34.9 Å². The van der Waals surface area contributed by atoms with E-state index in [1.54, 1.807) is 6.92 Å². The molecular weight excluding hydrogens is 270 g/mol. The Morgan fingerprint density at radius 2 is 1.80 bits per heavy atom. The van der Waals surface area contributed by atoms with Gasteiger partial charge in [0.1, 0.15) is 0 Å². The third kappa shape index (κ3) is 4.06. The van der Waals surface area contributed by atoms with Gasteiger partial charge in [0.2, 0.25) is 0 Å². The second-order valence-electron chi connectivity index (χ2n) is 5.31. The van der Waals surface area contributed by atoms with Crippen molar-refractivity contribution < 1.29 is 8.42 Å². The van der Waals surface area contributed by atoms with Gasteiger partial charge in [-0.1, -0.05) is 39.0 Å². The molecule has 4 heteroatoms. The Labute approximate surface area is 123 Å². The van der Waals surface area contributed by atoms with Gasteiger partial charge in [-0.2, -0.15) is 0 Å². The van der Waals surface area contributed by atoms with Crippen LogP contribution in [0.2, 0.25) is 0 Å². The maximum absolute atomic E-state index is 11.9. The van der Waals surface area contributed by atoms with E-state index in [9.17, 15) is 8.42 Å². The molecule has 2 unspecified atom stereocenters. The van der Waals surface area contributed by atoms with Crippen LogP contribution >= 0.6 is 0 Å². The number of hydrogen-bond donors (Lipinski definition) is 1. The second kappa shape index (κ2) is 7.23. The van der Waals surface area contributed by atoms with E-state index >= 15 is 0 Å². The molecule has 0 aliphatic rings. The highest BCUT2D eigenvalue weighted by atomic mass is 32.2. The van der Waals surface area contributed by atoms with Crippen LogP contribution in [0, 0.1) is 0 Å². The van der Waals surface area contributed by atoms with E-state index in [4.69, 9.17) is 0 Å². The molecule has 0 saturated heterocycles. The summed E-state index contributed by atoms with van der Waals surface area (Å²) in [6.45, 7) is 8.79. The summed E-state index contributed by atoms with van der Waals surface area (Å²) in [5.74, 6) is 0. The van der Waals surface area contributed by atoms with Crippen molar-refractivity contribution in [3.63, 3.8) is 0 Å². The predicted octanol–water partition coefficient (Wildman–Crippen LogP) is 2.90. The van der Waals surface area contributed by atoms with Gasteiger partial charge >= 0.3 is 0 Å². The highest BCUT2D eigenvalue weighted by Gasteiger charge is 2.28. The molecule has 0 fully saturated rings. The van der Waals surface area contributed by atoms with Gasteiger partial charge in [-0.15, -0.1) is 0 Å². The van der Waals surface area contributed by atoms with Crippen molar-refractivity contribution in [1.82, 2.24) is 5.32 Å². The van der Waals surface area contributed by atoms with Crippen LogP contribution in [0.15, 0.2) is 18.2 Å². The zero-order chi connectivity index (χ0) is 15.3. The fourth-order valence-electron chi connectivity index (χ4n) is 2.47. The van der Waals surface area contributed by atoms with Crippen molar-refractivity contribution in [2.24, 2.45) is 0 Å². The molecule has 1 N–H and O–H groups in total. The number of benzene rings is 1. The zero-order valence-electron chi connectivity index (χ0n) is 13.2. The molecule has 1 aromatic rings.